The Morgan fingerprint density at radius 3 is 2.80 bits per heavy atom. The summed E-state index contributed by atoms with van der Waals surface area (Å²) in [5.41, 5.74) is 1.16. The van der Waals surface area contributed by atoms with Gasteiger partial charge < -0.3 is 5.32 Å². The number of rotatable bonds is 6. The van der Waals surface area contributed by atoms with Crippen LogP contribution in [0.15, 0.2) is 22.8 Å². The molecule has 0 amide bonds. The average molecular weight is 271 g/mol. The first kappa shape index (κ1) is 12.7. The number of nitrogens with one attached hydrogen (secondary N) is 1. The maximum absolute atomic E-state index is 4.39. The lowest BCUT2D eigenvalue weighted by Crippen LogP contribution is -2.27. The second-order valence-electron chi connectivity index (χ2n) is 3.80. The zero-order valence-electron chi connectivity index (χ0n) is 9.46. The molecule has 0 bridgehead atoms. The van der Waals surface area contributed by atoms with E-state index in [1.165, 1.54) is 19.3 Å². The van der Waals surface area contributed by atoms with Gasteiger partial charge >= 0.3 is 0 Å². The number of likely N-dealkylation sites (N-methyl/N-ethyl adjacent to an activating group) is 1. The molecule has 1 aromatic heterocycles. The van der Waals surface area contributed by atoms with Gasteiger partial charge in [0.25, 0.3) is 0 Å². The topological polar surface area (TPSA) is 24.9 Å². The minimum atomic E-state index is 0.554. The van der Waals surface area contributed by atoms with Crippen molar-refractivity contribution in [3.05, 3.63) is 28.5 Å². The summed E-state index contributed by atoms with van der Waals surface area (Å²) in [5.74, 6) is 0. The molecule has 0 aliphatic carbocycles. The molecule has 1 rings (SSSR count). The van der Waals surface area contributed by atoms with Crippen LogP contribution in [0.25, 0.3) is 0 Å². The molecule has 15 heavy (non-hydrogen) atoms. The summed E-state index contributed by atoms with van der Waals surface area (Å²) in [6.07, 6.45) is 6.64. The largest absolute Gasteiger partial charge is 0.317 e. The monoisotopic (exact) mass is 270 g/mol. The Balaban J connectivity index is 2.47. The maximum Gasteiger partial charge on any atom is 0.0419 e. The Bertz CT molecular complexity index is 271. The highest BCUT2D eigenvalue weighted by atomic mass is 79.9. The molecule has 0 aromatic carbocycles. The quantitative estimate of drug-likeness (QED) is 0.859. The molecular weight excluding hydrogens is 252 g/mol. The number of hydrogen-bond acceptors (Lipinski definition) is 2. The Morgan fingerprint density at radius 2 is 2.27 bits per heavy atom. The fraction of sp³-hybridized carbons (Fsp3) is 0.583. The van der Waals surface area contributed by atoms with Gasteiger partial charge in [-0.1, -0.05) is 19.8 Å². The number of unbranched alkanes of at least 4 members (excludes halogenated alkanes) is 1. The molecule has 0 radical (unpaired) electrons. The molecule has 1 aromatic rings. The van der Waals surface area contributed by atoms with E-state index in [2.05, 4.69) is 45.3 Å². The molecule has 0 fully saturated rings. The van der Waals surface area contributed by atoms with E-state index in [0.717, 1.165) is 16.6 Å². The standard InChI is InChI=1S/C12H19BrN2/c1-3-4-5-11(14-2)8-12-7-6-10(13)9-15-12/h6-7,9,11,14H,3-5,8H2,1-2H3. The Labute approximate surface area is 101 Å². The van der Waals surface area contributed by atoms with E-state index in [-0.39, 0.29) is 0 Å². The molecule has 0 aliphatic rings. The molecule has 0 saturated heterocycles. The third-order valence-electron chi connectivity index (χ3n) is 2.56. The summed E-state index contributed by atoms with van der Waals surface area (Å²) >= 11 is 3.39. The lowest BCUT2D eigenvalue weighted by atomic mass is 10.0. The maximum atomic E-state index is 4.39. The third-order valence-corrected chi connectivity index (χ3v) is 3.03. The van der Waals surface area contributed by atoms with Crippen LogP contribution in [0.1, 0.15) is 31.9 Å². The molecule has 1 N–H and O–H groups in total. The molecule has 1 unspecified atom stereocenters. The molecular formula is C12H19BrN2. The van der Waals surface area contributed by atoms with Crippen molar-refractivity contribution in [3.8, 4) is 0 Å². The summed E-state index contributed by atoms with van der Waals surface area (Å²) in [6.45, 7) is 2.23. The summed E-state index contributed by atoms with van der Waals surface area (Å²) in [6, 6.07) is 4.69. The van der Waals surface area contributed by atoms with Crippen molar-refractivity contribution in [2.75, 3.05) is 7.05 Å². The second-order valence-corrected chi connectivity index (χ2v) is 4.72. The van der Waals surface area contributed by atoms with Crippen molar-refractivity contribution in [1.82, 2.24) is 10.3 Å². The average Bonchev–Trinajstić information content (AvgIpc) is 2.27. The minimum Gasteiger partial charge on any atom is -0.317 e. The van der Waals surface area contributed by atoms with E-state index in [9.17, 15) is 0 Å². The molecule has 0 spiro atoms. The Hall–Kier alpha value is -0.410. The number of aromatic nitrogens is 1. The van der Waals surface area contributed by atoms with Crippen LogP contribution in [0.5, 0.6) is 0 Å². The van der Waals surface area contributed by atoms with E-state index in [1.54, 1.807) is 0 Å². The van der Waals surface area contributed by atoms with Gasteiger partial charge in [0.2, 0.25) is 0 Å². The van der Waals surface area contributed by atoms with Crippen LogP contribution in [0.3, 0.4) is 0 Å². The zero-order valence-corrected chi connectivity index (χ0v) is 11.0. The Morgan fingerprint density at radius 1 is 1.47 bits per heavy atom. The van der Waals surface area contributed by atoms with Crippen molar-refractivity contribution in [3.63, 3.8) is 0 Å². The molecule has 0 aliphatic heterocycles. The van der Waals surface area contributed by atoms with Crippen molar-refractivity contribution < 1.29 is 0 Å². The summed E-state index contributed by atoms with van der Waals surface area (Å²) in [5, 5.41) is 3.35. The van der Waals surface area contributed by atoms with E-state index in [4.69, 9.17) is 0 Å². The number of halogens is 1. The van der Waals surface area contributed by atoms with Crippen LogP contribution in [0, 0.1) is 0 Å². The first-order chi connectivity index (χ1) is 7.26. The summed E-state index contributed by atoms with van der Waals surface area (Å²) < 4.78 is 1.04. The van der Waals surface area contributed by atoms with Gasteiger partial charge in [-0.3, -0.25) is 4.98 Å². The lowest BCUT2D eigenvalue weighted by molar-refractivity contribution is 0.494. The number of hydrogen-bond donors (Lipinski definition) is 1. The fourth-order valence-corrected chi connectivity index (χ4v) is 1.81. The van der Waals surface area contributed by atoms with E-state index in [1.807, 2.05) is 13.2 Å². The highest BCUT2D eigenvalue weighted by Gasteiger charge is 2.07. The molecule has 84 valence electrons. The van der Waals surface area contributed by atoms with Crippen molar-refractivity contribution in [2.24, 2.45) is 0 Å². The second kappa shape index (κ2) is 6.96. The van der Waals surface area contributed by atoms with E-state index >= 15 is 0 Å². The van der Waals surface area contributed by atoms with Gasteiger partial charge in [0.15, 0.2) is 0 Å². The normalized spacial score (nSPS) is 12.7. The fourth-order valence-electron chi connectivity index (χ4n) is 1.58. The molecule has 3 heteroatoms. The van der Waals surface area contributed by atoms with Crippen molar-refractivity contribution >= 4 is 15.9 Å². The number of pyridine rings is 1. The molecule has 1 atom stereocenters. The van der Waals surface area contributed by atoms with Crippen molar-refractivity contribution in [2.45, 2.75) is 38.6 Å². The number of nitrogens with zero attached hydrogens (tertiary/aromatic N) is 1. The molecule has 0 saturated carbocycles. The highest BCUT2D eigenvalue weighted by Crippen LogP contribution is 2.10. The SMILES string of the molecule is CCCCC(Cc1ccc(Br)cn1)NC. The summed E-state index contributed by atoms with van der Waals surface area (Å²) in [4.78, 5) is 4.39. The van der Waals surface area contributed by atoms with Crippen LogP contribution in [0.4, 0.5) is 0 Å². The smallest absolute Gasteiger partial charge is 0.0419 e. The van der Waals surface area contributed by atoms with Crippen LogP contribution in [-0.4, -0.2) is 18.1 Å². The van der Waals surface area contributed by atoms with Crippen LogP contribution >= 0.6 is 15.9 Å². The van der Waals surface area contributed by atoms with Gasteiger partial charge in [0.05, 0.1) is 0 Å². The van der Waals surface area contributed by atoms with Gasteiger partial charge in [0, 0.05) is 28.8 Å². The van der Waals surface area contributed by atoms with Gasteiger partial charge in [-0.05, 0) is 41.5 Å². The predicted octanol–water partition coefficient (Wildman–Crippen LogP) is 3.16. The Kier molecular flexibility index (Phi) is 5.88. The van der Waals surface area contributed by atoms with E-state index < -0.39 is 0 Å². The van der Waals surface area contributed by atoms with Crippen LogP contribution in [0.2, 0.25) is 0 Å². The summed E-state index contributed by atoms with van der Waals surface area (Å²) in [7, 11) is 2.03. The molecule has 2 nitrogen and oxygen atoms in total. The van der Waals surface area contributed by atoms with Gasteiger partial charge in [-0.15, -0.1) is 0 Å². The third kappa shape index (κ3) is 4.76. The first-order valence-electron chi connectivity index (χ1n) is 5.54. The van der Waals surface area contributed by atoms with Gasteiger partial charge in [-0.25, -0.2) is 0 Å². The highest BCUT2D eigenvalue weighted by molar-refractivity contribution is 9.10. The molecule has 1 heterocycles. The minimum absolute atomic E-state index is 0.554. The van der Waals surface area contributed by atoms with Crippen molar-refractivity contribution in [1.29, 1.82) is 0 Å². The van der Waals surface area contributed by atoms with Gasteiger partial charge in [0.1, 0.15) is 0 Å². The zero-order chi connectivity index (χ0) is 11.1. The van der Waals surface area contributed by atoms with E-state index in [0.29, 0.717) is 6.04 Å². The first-order valence-corrected chi connectivity index (χ1v) is 6.33. The lowest BCUT2D eigenvalue weighted by Gasteiger charge is -2.15. The van der Waals surface area contributed by atoms with Crippen LogP contribution < -0.4 is 5.32 Å². The predicted molar refractivity (Wildman–Crippen MR) is 68.0 cm³/mol. The van der Waals surface area contributed by atoms with Crippen LogP contribution in [-0.2, 0) is 6.42 Å². The van der Waals surface area contributed by atoms with Gasteiger partial charge in [-0.2, -0.15) is 0 Å².